The van der Waals surface area contributed by atoms with Crippen LogP contribution in [0.3, 0.4) is 0 Å². The number of carboxylic acid groups (broad SMARTS) is 1. The minimum Gasteiger partial charge on any atom is -0.481 e. The van der Waals surface area contributed by atoms with E-state index in [4.69, 9.17) is 9.84 Å². The van der Waals surface area contributed by atoms with Crippen LogP contribution in [0.15, 0.2) is 0 Å². The van der Waals surface area contributed by atoms with Crippen molar-refractivity contribution in [2.45, 2.75) is 51.2 Å². The quantitative estimate of drug-likeness (QED) is 0.787. The topological polar surface area (TPSA) is 78.9 Å². The van der Waals surface area contributed by atoms with Gasteiger partial charge in [-0.15, -0.1) is 0 Å². The molecule has 2 N–H and O–H groups in total. The fraction of sp³-hybridized carbons (Fsp3) is 0.867. The molecule has 2 rings (SSSR count). The molecule has 21 heavy (non-hydrogen) atoms. The predicted molar refractivity (Wildman–Crippen MR) is 78.0 cm³/mol. The molecule has 2 fully saturated rings. The Morgan fingerprint density at radius 1 is 1.33 bits per heavy atom. The number of rotatable bonds is 5. The molecule has 1 saturated carbocycles. The molecule has 6 heteroatoms. The summed E-state index contributed by atoms with van der Waals surface area (Å²) in [6.07, 6.45) is 4.39. The molecular weight excluding hydrogens is 272 g/mol. The second kappa shape index (κ2) is 7.75. The molecule has 6 nitrogen and oxygen atoms in total. The third kappa shape index (κ3) is 5.28. The summed E-state index contributed by atoms with van der Waals surface area (Å²) in [5, 5.41) is 11.9. The maximum Gasteiger partial charge on any atom is 0.306 e. The summed E-state index contributed by atoms with van der Waals surface area (Å²) in [6, 6.07) is 0.294. The molecule has 0 aromatic rings. The second-order valence-corrected chi connectivity index (χ2v) is 6.26. The summed E-state index contributed by atoms with van der Waals surface area (Å²) in [4.78, 5) is 24.8. The molecule has 0 aromatic heterocycles. The number of carboxylic acids is 1. The molecule has 1 amide bonds. The Hall–Kier alpha value is -1.14. The highest BCUT2D eigenvalue weighted by atomic mass is 16.5. The van der Waals surface area contributed by atoms with Crippen molar-refractivity contribution in [2.75, 3.05) is 26.2 Å². The number of ether oxygens (including phenoxy) is 1. The molecule has 3 atom stereocenters. The molecule has 120 valence electrons. The molecule has 0 aromatic carbocycles. The van der Waals surface area contributed by atoms with E-state index in [1.807, 2.05) is 4.90 Å². The first kappa shape index (κ1) is 16.2. The normalized spacial score (nSPS) is 30.8. The van der Waals surface area contributed by atoms with Crippen LogP contribution in [-0.4, -0.2) is 60.3 Å². The minimum atomic E-state index is -0.859. The summed E-state index contributed by atoms with van der Waals surface area (Å²) in [6.45, 7) is 4.22. The lowest BCUT2D eigenvalue weighted by Gasteiger charge is -2.33. The number of nitrogens with one attached hydrogen (secondary N) is 1. The lowest BCUT2D eigenvalue weighted by Crippen LogP contribution is -2.50. The van der Waals surface area contributed by atoms with Crippen molar-refractivity contribution in [2.24, 2.45) is 5.92 Å². The van der Waals surface area contributed by atoms with Crippen LogP contribution in [0.2, 0.25) is 0 Å². The van der Waals surface area contributed by atoms with Crippen molar-refractivity contribution >= 4 is 11.9 Å². The van der Waals surface area contributed by atoms with Gasteiger partial charge in [0.15, 0.2) is 0 Å². The van der Waals surface area contributed by atoms with Crippen LogP contribution >= 0.6 is 0 Å². The van der Waals surface area contributed by atoms with Gasteiger partial charge in [-0.1, -0.05) is 19.8 Å². The Morgan fingerprint density at radius 3 is 2.81 bits per heavy atom. The summed E-state index contributed by atoms with van der Waals surface area (Å²) < 4.78 is 5.41. The van der Waals surface area contributed by atoms with Gasteiger partial charge in [-0.05, 0) is 18.8 Å². The number of hydrogen-bond donors (Lipinski definition) is 2. The zero-order chi connectivity index (χ0) is 15.2. The van der Waals surface area contributed by atoms with Crippen molar-refractivity contribution in [1.29, 1.82) is 0 Å². The molecule has 1 aliphatic heterocycles. The number of aliphatic carboxylic acids is 1. The first-order valence-corrected chi connectivity index (χ1v) is 7.89. The molecule has 0 bridgehead atoms. The highest BCUT2D eigenvalue weighted by Gasteiger charge is 2.26. The zero-order valence-electron chi connectivity index (χ0n) is 12.7. The molecule has 2 aliphatic rings. The van der Waals surface area contributed by atoms with Crippen molar-refractivity contribution in [1.82, 2.24) is 10.2 Å². The van der Waals surface area contributed by atoms with Crippen molar-refractivity contribution in [3.63, 3.8) is 0 Å². The fourth-order valence-electron chi connectivity index (χ4n) is 3.23. The van der Waals surface area contributed by atoms with Crippen LogP contribution in [0, 0.1) is 5.92 Å². The third-order valence-electron chi connectivity index (χ3n) is 4.45. The van der Waals surface area contributed by atoms with Gasteiger partial charge >= 0.3 is 5.97 Å². The van der Waals surface area contributed by atoms with Gasteiger partial charge < -0.3 is 15.2 Å². The van der Waals surface area contributed by atoms with Crippen LogP contribution in [0.25, 0.3) is 0 Å². The van der Waals surface area contributed by atoms with E-state index < -0.39 is 5.97 Å². The van der Waals surface area contributed by atoms with Crippen LogP contribution < -0.4 is 5.32 Å². The maximum absolute atomic E-state index is 12.1. The first-order valence-electron chi connectivity index (χ1n) is 7.89. The Labute approximate surface area is 125 Å². The van der Waals surface area contributed by atoms with Gasteiger partial charge in [0.1, 0.15) is 0 Å². The number of nitrogens with zero attached hydrogens (tertiary/aromatic N) is 1. The van der Waals surface area contributed by atoms with Gasteiger partial charge in [-0.3, -0.25) is 14.5 Å². The SMILES string of the molecule is CC1CCCCC1NC(=O)CN1CCOC(CC(=O)O)C1. The largest absolute Gasteiger partial charge is 0.481 e. The smallest absolute Gasteiger partial charge is 0.306 e. The van der Waals surface area contributed by atoms with E-state index in [9.17, 15) is 9.59 Å². The van der Waals surface area contributed by atoms with E-state index in [2.05, 4.69) is 12.2 Å². The average molecular weight is 298 g/mol. The Balaban J connectivity index is 1.75. The summed E-state index contributed by atoms with van der Waals surface area (Å²) in [5.41, 5.74) is 0. The lowest BCUT2D eigenvalue weighted by atomic mass is 9.86. The van der Waals surface area contributed by atoms with Crippen molar-refractivity contribution in [3.8, 4) is 0 Å². The van der Waals surface area contributed by atoms with Gasteiger partial charge in [0.2, 0.25) is 5.91 Å². The van der Waals surface area contributed by atoms with Gasteiger partial charge in [-0.2, -0.15) is 0 Å². The number of carbonyl (C=O) groups is 2. The Bertz CT molecular complexity index is 375. The molecule has 0 radical (unpaired) electrons. The lowest BCUT2D eigenvalue weighted by molar-refractivity contribution is -0.142. The van der Waals surface area contributed by atoms with Gasteiger partial charge in [0, 0.05) is 19.1 Å². The highest BCUT2D eigenvalue weighted by molar-refractivity contribution is 5.78. The van der Waals surface area contributed by atoms with Crippen molar-refractivity contribution < 1.29 is 19.4 Å². The fourth-order valence-corrected chi connectivity index (χ4v) is 3.23. The van der Waals surface area contributed by atoms with Crippen LogP contribution in [0.4, 0.5) is 0 Å². The molecule has 0 spiro atoms. The summed E-state index contributed by atoms with van der Waals surface area (Å²) in [7, 11) is 0. The van der Waals surface area contributed by atoms with Crippen LogP contribution in [-0.2, 0) is 14.3 Å². The van der Waals surface area contributed by atoms with Gasteiger partial charge in [0.25, 0.3) is 0 Å². The number of morpholine rings is 1. The summed E-state index contributed by atoms with van der Waals surface area (Å²) in [5.74, 6) is -0.265. The van der Waals surface area contributed by atoms with Gasteiger partial charge in [0.05, 0.1) is 25.7 Å². The number of carbonyl (C=O) groups excluding carboxylic acids is 1. The van der Waals surface area contributed by atoms with Crippen molar-refractivity contribution in [3.05, 3.63) is 0 Å². The Morgan fingerprint density at radius 2 is 2.10 bits per heavy atom. The summed E-state index contributed by atoms with van der Waals surface area (Å²) >= 11 is 0. The van der Waals surface area contributed by atoms with E-state index in [1.165, 1.54) is 19.3 Å². The zero-order valence-corrected chi connectivity index (χ0v) is 12.7. The minimum absolute atomic E-state index is 0.00220. The van der Waals surface area contributed by atoms with Crippen LogP contribution in [0.5, 0.6) is 0 Å². The van der Waals surface area contributed by atoms with E-state index in [0.717, 1.165) is 6.42 Å². The third-order valence-corrected chi connectivity index (χ3v) is 4.45. The molecule has 1 saturated heterocycles. The van der Waals surface area contributed by atoms with Crippen LogP contribution in [0.1, 0.15) is 39.0 Å². The number of hydrogen-bond acceptors (Lipinski definition) is 4. The molecule has 1 aliphatic carbocycles. The average Bonchev–Trinajstić information content (AvgIpc) is 2.41. The predicted octanol–water partition coefficient (Wildman–Crippen LogP) is 0.857. The van der Waals surface area contributed by atoms with E-state index in [-0.39, 0.29) is 18.4 Å². The van der Waals surface area contributed by atoms with E-state index in [0.29, 0.717) is 38.2 Å². The van der Waals surface area contributed by atoms with E-state index in [1.54, 1.807) is 0 Å². The van der Waals surface area contributed by atoms with Gasteiger partial charge in [-0.25, -0.2) is 0 Å². The number of amides is 1. The maximum atomic E-state index is 12.1. The molecule has 1 heterocycles. The molecule has 3 unspecified atom stereocenters. The highest BCUT2D eigenvalue weighted by Crippen LogP contribution is 2.23. The van der Waals surface area contributed by atoms with E-state index >= 15 is 0 Å². The monoisotopic (exact) mass is 298 g/mol. The second-order valence-electron chi connectivity index (χ2n) is 6.26. The standard InChI is InChI=1S/C15H26N2O4/c1-11-4-2-3-5-13(11)16-14(18)10-17-6-7-21-12(9-17)8-15(19)20/h11-13H,2-10H2,1H3,(H,16,18)(H,19,20). The first-order chi connectivity index (χ1) is 10.0. The molecular formula is C15H26N2O4. The Kier molecular flexibility index (Phi) is 5.99.